The number of thioether (sulfide) groups is 1. The third kappa shape index (κ3) is 3.01. The second kappa shape index (κ2) is 6.54. The van der Waals surface area contributed by atoms with Gasteiger partial charge in [0.25, 0.3) is 0 Å². The van der Waals surface area contributed by atoms with Gasteiger partial charge in [-0.2, -0.15) is 0 Å². The number of ether oxygens (including phenoxy) is 2. The quantitative estimate of drug-likeness (QED) is 0.857. The zero-order chi connectivity index (χ0) is 16.4. The van der Waals surface area contributed by atoms with E-state index in [-0.39, 0.29) is 11.2 Å². The molecule has 120 valence electrons. The SMILES string of the molecule is COc1ccc2c(c1)SC(C)C(=O)N2Cc1ccccc1OC. The second-order valence-electron chi connectivity index (χ2n) is 5.33. The van der Waals surface area contributed by atoms with Gasteiger partial charge in [-0.1, -0.05) is 18.2 Å². The Bertz CT molecular complexity index is 732. The van der Waals surface area contributed by atoms with E-state index in [0.717, 1.165) is 27.6 Å². The highest BCUT2D eigenvalue weighted by Crippen LogP contribution is 2.42. The summed E-state index contributed by atoms with van der Waals surface area (Å²) in [6.45, 7) is 2.43. The Morgan fingerprint density at radius 1 is 1.13 bits per heavy atom. The number of nitrogens with zero attached hydrogens (tertiary/aromatic N) is 1. The van der Waals surface area contributed by atoms with Gasteiger partial charge in [-0.25, -0.2) is 0 Å². The molecule has 2 aromatic carbocycles. The number of fused-ring (bicyclic) bond motifs is 1. The lowest BCUT2D eigenvalue weighted by molar-refractivity contribution is -0.118. The molecule has 2 aromatic rings. The Hall–Kier alpha value is -2.14. The summed E-state index contributed by atoms with van der Waals surface area (Å²) in [7, 11) is 3.30. The van der Waals surface area contributed by atoms with Gasteiger partial charge in [0.05, 0.1) is 31.7 Å². The first-order valence-corrected chi connectivity index (χ1v) is 8.30. The Balaban J connectivity index is 1.99. The first kappa shape index (κ1) is 15.7. The highest BCUT2D eigenvalue weighted by atomic mass is 32.2. The average Bonchev–Trinajstić information content (AvgIpc) is 2.58. The van der Waals surface area contributed by atoms with Crippen molar-refractivity contribution in [1.82, 2.24) is 0 Å². The van der Waals surface area contributed by atoms with E-state index in [1.807, 2.05) is 54.3 Å². The van der Waals surface area contributed by atoms with Gasteiger partial charge < -0.3 is 14.4 Å². The molecular formula is C18H19NO3S. The van der Waals surface area contributed by atoms with Gasteiger partial charge in [0, 0.05) is 10.5 Å². The summed E-state index contributed by atoms with van der Waals surface area (Å²) in [6, 6.07) is 13.6. The topological polar surface area (TPSA) is 38.8 Å². The molecule has 5 heteroatoms. The lowest BCUT2D eigenvalue weighted by Gasteiger charge is -2.33. The highest BCUT2D eigenvalue weighted by Gasteiger charge is 2.31. The fourth-order valence-electron chi connectivity index (χ4n) is 2.68. The summed E-state index contributed by atoms with van der Waals surface area (Å²) in [5.74, 6) is 1.70. The molecule has 0 aliphatic carbocycles. The molecule has 0 saturated heterocycles. The van der Waals surface area contributed by atoms with Gasteiger partial charge in [0.1, 0.15) is 11.5 Å². The minimum absolute atomic E-state index is 0.110. The van der Waals surface area contributed by atoms with E-state index in [1.54, 1.807) is 26.0 Å². The van der Waals surface area contributed by atoms with Crippen LogP contribution in [0.25, 0.3) is 0 Å². The van der Waals surface area contributed by atoms with Crippen LogP contribution in [0.4, 0.5) is 5.69 Å². The van der Waals surface area contributed by atoms with Crippen LogP contribution in [0.5, 0.6) is 11.5 Å². The molecule has 3 rings (SSSR count). The molecule has 1 amide bonds. The van der Waals surface area contributed by atoms with Crippen molar-refractivity contribution in [2.45, 2.75) is 23.6 Å². The van der Waals surface area contributed by atoms with Crippen LogP contribution < -0.4 is 14.4 Å². The third-order valence-electron chi connectivity index (χ3n) is 3.90. The summed E-state index contributed by atoms with van der Waals surface area (Å²) >= 11 is 1.57. The lowest BCUT2D eigenvalue weighted by atomic mass is 10.1. The fourth-order valence-corrected chi connectivity index (χ4v) is 3.78. The molecule has 1 atom stereocenters. The molecule has 4 nitrogen and oxygen atoms in total. The van der Waals surface area contributed by atoms with Crippen molar-refractivity contribution in [2.75, 3.05) is 19.1 Å². The molecule has 1 aliphatic rings. The minimum atomic E-state index is -0.121. The average molecular weight is 329 g/mol. The molecule has 0 radical (unpaired) electrons. The first-order chi connectivity index (χ1) is 11.1. The van der Waals surface area contributed by atoms with Gasteiger partial charge in [0.2, 0.25) is 5.91 Å². The van der Waals surface area contributed by atoms with Gasteiger partial charge >= 0.3 is 0 Å². The van der Waals surface area contributed by atoms with Crippen molar-refractivity contribution in [3.63, 3.8) is 0 Å². The largest absolute Gasteiger partial charge is 0.497 e. The molecular weight excluding hydrogens is 310 g/mol. The Morgan fingerprint density at radius 3 is 2.65 bits per heavy atom. The van der Waals surface area contributed by atoms with Crippen LogP contribution in [0.1, 0.15) is 12.5 Å². The van der Waals surface area contributed by atoms with Crippen LogP contribution in [0.3, 0.4) is 0 Å². The molecule has 0 saturated carbocycles. The van der Waals surface area contributed by atoms with Crippen LogP contribution in [0.15, 0.2) is 47.4 Å². The Labute approximate surface area is 140 Å². The van der Waals surface area contributed by atoms with E-state index in [4.69, 9.17) is 9.47 Å². The second-order valence-corrected chi connectivity index (χ2v) is 6.71. The Kier molecular flexibility index (Phi) is 4.48. The zero-order valence-electron chi connectivity index (χ0n) is 13.4. The highest BCUT2D eigenvalue weighted by molar-refractivity contribution is 8.01. The van der Waals surface area contributed by atoms with Gasteiger partial charge in [0.15, 0.2) is 0 Å². The van der Waals surface area contributed by atoms with Crippen molar-refractivity contribution in [1.29, 1.82) is 0 Å². The van der Waals surface area contributed by atoms with Crippen LogP contribution in [0, 0.1) is 0 Å². The molecule has 1 aliphatic heterocycles. The number of methoxy groups -OCH3 is 2. The molecule has 0 aromatic heterocycles. The number of hydrogen-bond donors (Lipinski definition) is 0. The van der Waals surface area contributed by atoms with Crippen LogP contribution >= 0.6 is 11.8 Å². The fraction of sp³-hybridized carbons (Fsp3) is 0.278. The molecule has 0 bridgehead atoms. The van der Waals surface area contributed by atoms with Crippen LogP contribution in [0.2, 0.25) is 0 Å². The number of rotatable bonds is 4. The standard InChI is InChI=1S/C18H19NO3S/c1-12-18(20)19(11-13-6-4-5-7-16(13)22-3)15-9-8-14(21-2)10-17(15)23-12/h4-10,12H,11H2,1-3H3. The van der Waals surface area contributed by atoms with E-state index >= 15 is 0 Å². The summed E-state index contributed by atoms with van der Waals surface area (Å²) in [5, 5.41) is -0.121. The van der Waals surface area contributed by atoms with Crippen molar-refractivity contribution in [2.24, 2.45) is 0 Å². The molecule has 0 N–H and O–H groups in total. The molecule has 1 heterocycles. The van der Waals surface area contributed by atoms with Gasteiger partial charge in [-0.15, -0.1) is 11.8 Å². The predicted molar refractivity (Wildman–Crippen MR) is 92.5 cm³/mol. The normalized spacial score (nSPS) is 16.9. The van der Waals surface area contributed by atoms with Crippen LogP contribution in [-0.4, -0.2) is 25.4 Å². The van der Waals surface area contributed by atoms with E-state index < -0.39 is 0 Å². The van der Waals surface area contributed by atoms with E-state index in [9.17, 15) is 4.79 Å². The number of carbonyl (C=O) groups excluding carboxylic acids is 1. The zero-order valence-corrected chi connectivity index (χ0v) is 14.2. The maximum absolute atomic E-state index is 12.7. The Morgan fingerprint density at radius 2 is 1.91 bits per heavy atom. The first-order valence-electron chi connectivity index (χ1n) is 7.42. The molecule has 0 spiro atoms. The summed E-state index contributed by atoms with van der Waals surface area (Å²) in [5.41, 5.74) is 1.91. The van der Waals surface area contributed by atoms with E-state index in [1.165, 1.54) is 0 Å². The van der Waals surface area contributed by atoms with E-state index in [0.29, 0.717) is 6.54 Å². The number of amides is 1. The van der Waals surface area contributed by atoms with Crippen molar-refractivity contribution >= 4 is 23.4 Å². The van der Waals surface area contributed by atoms with E-state index in [2.05, 4.69) is 0 Å². The monoisotopic (exact) mass is 329 g/mol. The predicted octanol–water partition coefficient (Wildman–Crippen LogP) is 3.73. The summed E-state index contributed by atoms with van der Waals surface area (Å²) < 4.78 is 10.7. The molecule has 1 unspecified atom stereocenters. The summed E-state index contributed by atoms with van der Waals surface area (Å²) in [6.07, 6.45) is 0. The third-order valence-corrected chi connectivity index (χ3v) is 5.03. The molecule has 23 heavy (non-hydrogen) atoms. The minimum Gasteiger partial charge on any atom is -0.497 e. The molecule has 0 fully saturated rings. The van der Waals surface area contributed by atoms with Gasteiger partial charge in [-0.3, -0.25) is 4.79 Å². The van der Waals surface area contributed by atoms with Crippen molar-refractivity contribution < 1.29 is 14.3 Å². The number of carbonyl (C=O) groups is 1. The maximum Gasteiger partial charge on any atom is 0.240 e. The maximum atomic E-state index is 12.7. The smallest absolute Gasteiger partial charge is 0.240 e. The van der Waals surface area contributed by atoms with Gasteiger partial charge in [-0.05, 0) is 31.2 Å². The van der Waals surface area contributed by atoms with Crippen LogP contribution in [-0.2, 0) is 11.3 Å². The van der Waals surface area contributed by atoms with Crippen molar-refractivity contribution in [3.8, 4) is 11.5 Å². The summed E-state index contributed by atoms with van der Waals surface area (Å²) in [4.78, 5) is 15.6. The number of para-hydroxylation sites is 1. The number of benzene rings is 2. The van der Waals surface area contributed by atoms with Crippen molar-refractivity contribution in [3.05, 3.63) is 48.0 Å². The number of anilines is 1. The number of hydrogen-bond acceptors (Lipinski definition) is 4. The lowest BCUT2D eigenvalue weighted by Crippen LogP contribution is -2.39.